The molecule has 1 aliphatic carbocycles. The molecule has 1 aliphatic heterocycles. The van der Waals surface area contributed by atoms with E-state index in [-0.39, 0.29) is 31.2 Å². The number of carbonyl (C=O) groups is 1. The van der Waals surface area contributed by atoms with Crippen molar-refractivity contribution in [1.29, 1.82) is 0 Å². The summed E-state index contributed by atoms with van der Waals surface area (Å²) in [6.07, 6.45) is 0.944. The normalized spacial score (nSPS) is 17.6. The van der Waals surface area contributed by atoms with Crippen molar-refractivity contribution in [2.75, 3.05) is 13.2 Å². The molecule has 5 rings (SSSR count). The lowest BCUT2D eigenvalue weighted by Gasteiger charge is -2.18. The first-order valence-corrected chi connectivity index (χ1v) is 13.0. The summed E-state index contributed by atoms with van der Waals surface area (Å²) in [5, 5.41) is 28.0. The second kappa shape index (κ2) is 10.3. The van der Waals surface area contributed by atoms with E-state index < -0.39 is 12.1 Å². The third-order valence-corrected chi connectivity index (χ3v) is 7.70. The molecule has 0 aromatic heterocycles. The number of aliphatic carboxylic acids is 1. The summed E-state index contributed by atoms with van der Waals surface area (Å²) in [6.45, 7) is 6.25. The average molecular weight is 519 g/mol. The van der Waals surface area contributed by atoms with Gasteiger partial charge < -0.3 is 29.5 Å². The number of carboxylic acid groups (broad SMARTS) is 1. The van der Waals surface area contributed by atoms with E-state index in [9.17, 15) is 15.0 Å². The van der Waals surface area contributed by atoms with Gasteiger partial charge in [0.25, 0.3) is 0 Å². The fourth-order valence-corrected chi connectivity index (χ4v) is 5.55. The van der Waals surface area contributed by atoms with Gasteiger partial charge in [-0.1, -0.05) is 24.3 Å². The van der Waals surface area contributed by atoms with Crippen molar-refractivity contribution < 1.29 is 34.3 Å². The number of benzene rings is 3. The highest BCUT2D eigenvalue weighted by atomic mass is 16.5. The van der Waals surface area contributed by atoms with Crippen LogP contribution in [0.15, 0.2) is 48.5 Å². The van der Waals surface area contributed by atoms with Crippen LogP contribution in [0.1, 0.15) is 53.0 Å². The fraction of sp³-hybridized carbons (Fsp3) is 0.387. The van der Waals surface area contributed by atoms with E-state index in [1.54, 1.807) is 0 Å². The zero-order valence-corrected chi connectivity index (χ0v) is 22.0. The van der Waals surface area contributed by atoms with E-state index in [1.807, 2.05) is 50.2 Å². The highest BCUT2D eigenvalue weighted by Crippen LogP contribution is 2.59. The molecular formula is C31H34O7. The zero-order chi connectivity index (χ0) is 27.0. The Morgan fingerprint density at radius 2 is 1.79 bits per heavy atom. The molecule has 1 spiro atoms. The van der Waals surface area contributed by atoms with E-state index in [4.69, 9.17) is 19.3 Å². The second-order valence-corrected chi connectivity index (χ2v) is 10.5. The number of hydrogen-bond donors (Lipinski definition) is 3. The lowest BCUT2D eigenvalue weighted by molar-refractivity contribution is -0.138. The number of fused-ring (bicyclic) bond motifs is 1. The van der Waals surface area contributed by atoms with Crippen LogP contribution in [0, 0.1) is 20.8 Å². The minimum Gasteiger partial charge on any atom is -0.491 e. The number of carboxylic acids is 1. The lowest BCUT2D eigenvalue weighted by atomic mass is 9.90. The Kier molecular flexibility index (Phi) is 7.07. The van der Waals surface area contributed by atoms with E-state index in [1.165, 1.54) is 0 Å². The van der Waals surface area contributed by atoms with Crippen molar-refractivity contribution in [3.8, 4) is 28.4 Å². The SMILES string of the molecule is Cc1cc(OC[C@H](O)CO)cc(C)c1-c1cccc(COc2ccc3c(c2)OC2(CC2)[C@H]3CC(=O)O)c1C. The minimum absolute atomic E-state index is 0.0372. The molecule has 0 amide bonds. The highest BCUT2D eigenvalue weighted by molar-refractivity contribution is 5.75. The number of aryl methyl sites for hydroxylation is 2. The molecule has 2 atom stereocenters. The Morgan fingerprint density at radius 3 is 2.45 bits per heavy atom. The number of ether oxygens (including phenoxy) is 3. The van der Waals surface area contributed by atoms with Crippen molar-refractivity contribution in [2.45, 2.75) is 64.3 Å². The maximum Gasteiger partial charge on any atom is 0.304 e. The van der Waals surface area contributed by atoms with Gasteiger partial charge in [-0.25, -0.2) is 0 Å². The Bertz CT molecular complexity index is 1340. The standard InChI is InChI=1S/C31H34O7/c1-18-11-24(37-17-22(33)15-32)12-19(2)30(18)25-6-4-5-21(20(25)3)16-36-23-7-8-26-27(14-29(34)35)31(9-10-31)38-28(26)13-23/h4-8,11-13,22,27,32-33H,9-10,14-17H2,1-3H3,(H,34,35)/t22-,27+/m1/s1. The van der Waals surface area contributed by atoms with Gasteiger partial charge in [0.2, 0.25) is 0 Å². The van der Waals surface area contributed by atoms with Gasteiger partial charge in [0.05, 0.1) is 13.0 Å². The quantitative estimate of drug-likeness (QED) is 0.344. The summed E-state index contributed by atoms with van der Waals surface area (Å²) in [6, 6.07) is 15.8. The van der Waals surface area contributed by atoms with E-state index in [0.29, 0.717) is 18.1 Å². The van der Waals surface area contributed by atoms with E-state index >= 15 is 0 Å². The molecule has 3 aromatic carbocycles. The third kappa shape index (κ3) is 5.08. The van der Waals surface area contributed by atoms with Gasteiger partial charge in [-0.15, -0.1) is 0 Å². The number of hydrogen-bond acceptors (Lipinski definition) is 6. The minimum atomic E-state index is -0.910. The summed E-state index contributed by atoms with van der Waals surface area (Å²) in [5.41, 5.74) is 7.16. The molecular weight excluding hydrogens is 484 g/mol. The molecule has 200 valence electrons. The highest BCUT2D eigenvalue weighted by Gasteiger charge is 2.57. The van der Waals surface area contributed by atoms with Crippen LogP contribution in [0.25, 0.3) is 11.1 Å². The van der Waals surface area contributed by atoms with Gasteiger partial charge in [0, 0.05) is 17.5 Å². The maximum absolute atomic E-state index is 11.4. The topological polar surface area (TPSA) is 105 Å². The molecule has 0 saturated heterocycles. The van der Waals surface area contributed by atoms with E-state index in [0.717, 1.165) is 57.5 Å². The van der Waals surface area contributed by atoms with E-state index in [2.05, 4.69) is 19.1 Å². The molecule has 0 unspecified atom stereocenters. The van der Waals surface area contributed by atoms with Crippen LogP contribution in [0.3, 0.4) is 0 Å². The summed E-state index contributed by atoms with van der Waals surface area (Å²) in [7, 11) is 0. The van der Waals surface area contributed by atoms with Crippen molar-refractivity contribution in [2.24, 2.45) is 0 Å². The third-order valence-electron chi connectivity index (χ3n) is 7.70. The smallest absolute Gasteiger partial charge is 0.304 e. The van der Waals surface area contributed by atoms with Crippen LogP contribution in [0.2, 0.25) is 0 Å². The molecule has 0 bridgehead atoms. The number of aliphatic hydroxyl groups excluding tert-OH is 2. The second-order valence-electron chi connectivity index (χ2n) is 10.5. The predicted octanol–water partition coefficient (Wildman–Crippen LogP) is 5.07. The maximum atomic E-state index is 11.4. The van der Waals surface area contributed by atoms with Crippen LogP contribution in [-0.4, -0.2) is 46.2 Å². The van der Waals surface area contributed by atoms with Gasteiger partial charge in [-0.05, 0) is 85.2 Å². The molecule has 1 saturated carbocycles. The molecule has 1 fully saturated rings. The zero-order valence-electron chi connectivity index (χ0n) is 22.0. The Hall–Kier alpha value is -3.55. The predicted molar refractivity (Wildman–Crippen MR) is 143 cm³/mol. The first-order valence-electron chi connectivity index (χ1n) is 13.0. The van der Waals surface area contributed by atoms with Gasteiger partial charge in [0.15, 0.2) is 0 Å². The Labute approximate surface area is 222 Å². The fourth-order valence-electron chi connectivity index (χ4n) is 5.55. The number of aliphatic hydroxyl groups is 2. The molecule has 3 N–H and O–H groups in total. The summed E-state index contributed by atoms with van der Waals surface area (Å²) < 4.78 is 18.0. The summed E-state index contributed by atoms with van der Waals surface area (Å²) in [4.78, 5) is 11.4. The van der Waals surface area contributed by atoms with Crippen molar-refractivity contribution in [3.63, 3.8) is 0 Å². The van der Waals surface area contributed by atoms with Crippen molar-refractivity contribution in [1.82, 2.24) is 0 Å². The monoisotopic (exact) mass is 518 g/mol. The van der Waals surface area contributed by atoms with Gasteiger partial charge in [-0.3, -0.25) is 4.79 Å². The van der Waals surface area contributed by atoms with Crippen LogP contribution in [0.4, 0.5) is 0 Å². The molecule has 38 heavy (non-hydrogen) atoms. The molecule has 7 heteroatoms. The average Bonchev–Trinajstić information content (AvgIpc) is 3.59. The molecule has 1 heterocycles. The lowest BCUT2D eigenvalue weighted by Crippen LogP contribution is -2.22. The van der Waals surface area contributed by atoms with Gasteiger partial charge in [0.1, 0.15) is 42.2 Å². The largest absolute Gasteiger partial charge is 0.491 e. The Balaban J connectivity index is 1.33. The molecule has 0 radical (unpaired) electrons. The molecule has 2 aliphatic rings. The van der Waals surface area contributed by atoms with Crippen LogP contribution in [-0.2, 0) is 11.4 Å². The van der Waals surface area contributed by atoms with Gasteiger partial charge in [-0.2, -0.15) is 0 Å². The number of rotatable bonds is 10. The van der Waals surface area contributed by atoms with Crippen molar-refractivity contribution in [3.05, 3.63) is 76.3 Å². The Morgan fingerprint density at radius 1 is 1.05 bits per heavy atom. The van der Waals surface area contributed by atoms with Crippen LogP contribution in [0.5, 0.6) is 17.2 Å². The van der Waals surface area contributed by atoms with Crippen LogP contribution < -0.4 is 14.2 Å². The van der Waals surface area contributed by atoms with Crippen molar-refractivity contribution >= 4 is 5.97 Å². The molecule has 7 nitrogen and oxygen atoms in total. The summed E-state index contributed by atoms with van der Waals surface area (Å²) in [5.74, 6) is 1.18. The van der Waals surface area contributed by atoms with Gasteiger partial charge >= 0.3 is 5.97 Å². The summed E-state index contributed by atoms with van der Waals surface area (Å²) >= 11 is 0. The first kappa shape index (κ1) is 26.1. The molecule has 3 aromatic rings. The van der Waals surface area contributed by atoms with Crippen LogP contribution >= 0.6 is 0 Å². The first-order chi connectivity index (χ1) is 18.2.